The van der Waals surface area contributed by atoms with E-state index in [1.165, 1.54) is 12.5 Å². The number of hydrogen-bond acceptors (Lipinski definition) is 6. The monoisotopic (exact) mass is 450 g/mol. The smallest absolute Gasteiger partial charge is 0.302 e. The van der Waals surface area contributed by atoms with Crippen LogP contribution in [0, 0.1) is 5.41 Å². The highest BCUT2D eigenvalue weighted by molar-refractivity contribution is 6.05. The molecule has 33 heavy (non-hydrogen) atoms. The van der Waals surface area contributed by atoms with Crippen LogP contribution in [-0.4, -0.2) is 61.6 Å². The molecule has 0 saturated carbocycles. The third-order valence-corrected chi connectivity index (χ3v) is 6.07. The molecule has 0 aromatic heterocycles. The second kappa shape index (κ2) is 10.1. The fourth-order valence-electron chi connectivity index (χ4n) is 4.36. The van der Waals surface area contributed by atoms with Gasteiger partial charge in [0.05, 0.1) is 19.3 Å². The fourth-order valence-corrected chi connectivity index (χ4v) is 4.36. The lowest BCUT2D eigenvalue weighted by molar-refractivity contribution is -0.147. The van der Waals surface area contributed by atoms with Gasteiger partial charge in [-0.15, -0.1) is 0 Å². The van der Waals surface area contributed by atoms with Crippen LogP contribution in [0.5, 0.6) is 0 Å². The Morgan fingerprint density at radius 1 is 1.15 bits per heavy atom. The van der Waals surface area contributed by atoms with Crippen molar-refractivity contribution in [1.29, 1.82) is 5.41 Å². The first-order chi connectivity index (χ1) is 15.9. The van der Waals surface area contributed by atoms with E-state index in [0.29, 0.717) is 43.4 Å². The molecule has 2 unspecified atom stereocenters. The van der Waals surface area contributed by atoms with Crippen molar-refractivity contribution in [3.63, 3.8) is 0 Å². The average molecular weight is 451 g/mol. The van der Waals surface area contributed by atoms with Gasteiger partial charge in [0.1, 0.15) is 11.9 Å². The summed E-state index contributed by atoms with van der Waals surface area (Å²) >= 11 is 0. The first-order valence-electron chi connectivity index (χ1n) is 11.3. The normalized spacial score (nSPS) is 18.7. The number of esters is 1. The van der Waals surface area contributed by atoms with E-state index >= 15 is 0 Å². The van der Waals surface area contributed by atoms with Gasteiger partial charge < -0.3 is 25.0 Å². The minimum Gasteiger partial charge on any atom is -0.461 e. The predicted octanol–water partition coefficient (Wildman–Crippen LogP) is 2.73. The first kappa shape index (κ1) is 22.9. The SMILES string of the molecule is CC(=O)OC(C)C1NCCc2ccc(NC(=O)c3ccc(C(=N)N4CCOCC4)cc3)cc21. The summed E-state index contributed by atoms with van der Waals surface area (Å²) in [5.41, 5.74) is 4.20. The number of nitrogens with zero attached hydrogens (tertiary/aromatic N) is 1. The zero-order valence-electron chi connectivity index (χ0n) is 19.0. The van der Waals surface area contributed by atoms with Crippen LogP contribution in [0.2, 0.25) is 0 Å². The minimum absolute atomic E-state index is 0.125. The highest BCUT2D eigenvalue weighted by atomic mass is 16.5. The second-order valence-corrected chi connectivity index (χ2v) is 8.39. The van der Waals surface area contributed by atoms with Crippen LogP contribution in [0.4, 0.5) is 5.69 Å². The molecule has 3 N–H and O–H groups in total. The molecular formula is C25H30N4O4. The quantitative estimate of drug-likeness (QED) is 0.368. The number of carbonyl (C=O) groups excluding carboxylic acids is 2. The average Bonchev–Trinajstić information content (AvgIpc) is 2.83. The number of benzene rings is 2. The van der Waals surface area contributed by atoms with Crippen molar-refractivity contribution in [3.8, 4) is 0 Å². The summed E-state index contributed by atoms with van der Waals surface area (Å²) in [5.74, 6) is -0.0841. The van der Waals surface area contributed by atoms with Crippen LogP contribution in [0.3, 0.4) is 0 Å². The first-order valence-corrected chi connectivity index (χ1v) is 11.3. The van der Waals surface area contributed by atoms with Gasteiger partial charge >= 0.3 is 5.97 Å². The molecule has 1 fully saturated rings. The maximum atomic E-state index is 12.8. The molecule has 174 valence electrons. The summed E-state index contributed by atoms with van der Waals surface area (Å²) in [6, 6.07) is 12.8. The number of fused-ring (bicyclic) bond motifs is 1. The molecule has 0 bridgehead atoms. The number of nitrogens with one attached hydrogen (secondary N) is 3. The maximum absolute atomic E-state index is 12.8. The van der Waals surface area contributed by atoms with E-state index < -0.39 is 0 Å². The van der Waals surface area contributed by atoms with Gasteiger partial charge in [-0.25, -0.2) is 0 Å². The number of amidine groups is 1. The number of morpholine rings is 1. The topological polar surface area (TPSA) is 104 Å². The molecule has 2 aliphatic rings. The van der Waals surface area contributed by atoms with Crippen molar-refractivity contribution >= 4 is 23.4 Å². The molecule has 2 atom stereocenters. The van der Waals surface area contributed by atoms with E-state index in [-0.39, 0.29) is 24.0 Å². The molecule has 4 rings (SSSR count). The molecule has 2 aliphatic heterocycles. The molecule has 1 amide bonds. The number of amides is 1. The van der Waals surface area contributed by atoms with Gasteiger partial charge in [0.15, 0.2) is 0 Å². The summed E-state index contributed by atoms with van der Waals surface area (Å²) in [7, 11) is 0. The summed E-state index contributed by atoms with van der Waals surface area (Å²) < 4.78 is 10.7. The Kier molecular flexibility index (Phi) is 7.05. The van der Waals surface area contributed by atoms with E-state index in [2.05, 4.69) is 10.6 Å². The molecular weight excluding hydrogens is 420 g/mol. The molecule has 1 saturated heterocycles. The Balaban J connectivity index is 1.45. The Labute approximate surface area is 193 Å². The molecule has 0 radical (unpaired) electrons. The number of ether oxygens (including phenoxy) is 2. The van der Waals surface area contributed by atoms with Crippen molar-refractivity contribution in [2.45, 2.75) is 32.4 Å². The Hall–Kier alpha value is -3.23. The van der Waals surface area contributed by atoms with Gasteiger partial charge in [0.25, 0.3) is 5.91 Å². The van der Waals surface area contributed by atoms with Crippen molar-refractivity contribution < 1.29 is 19.1 Å². The van der Waals surface area contributed by atoms with Crippen LogP contribution in [0.15, 0.2) is 42.5 Å². The zero-order chi connectivity index (χ0) is 23.4. The lowest BCUT2D eigenvalue weighted by atomic mass is 9.91. The third kappa shape index (κ3) is 5.40. The number of carbonyl (C=O) groups is 2. The van der Waals surface area contributed by atoms with E-state index in [9.17, 15) is 9.59 Å². The van der Waals surface area contributed by atoms with Crippen molar-refractivity contribution in [3.05, 3.63) is 64.7 Å². The molecule has 8 nitrogen and oxygen atoms in total. The van der Waals surface area contributed by atoms with Gasteiger partial charge in [0, 0.05) is 36.8 Å². The van der Waals surface area contributed by atoms with Crippen LogP contribution in [-0.2, 0) is 20.7 Å². The molecule has 8 heteroatoms. The van der Waals surface area contributed by atoms with Gasteiger partial charge in [-0.3, -0.25) is 15.0 Å². The number of anilines is 1. The zero-order valence-corrected chi connectivity index (χ0v) is 19.0. The second-order valence-electron chi connectivity index (χ2n) is 8.39. The lowest BCUT2D eigenvalue weighted by Gasteiger charge is -2.31. The van der Waals surface area contributed by atoms with Crippen LogP contribution < -0.4 is 10.6 Å². The lowest BCUT2D eigenvalue weighted by Crippen LogP contribution is -2.40. The van der Waals surface area contributed by atoms with E-state index in [4.69, 9.17) is 14.9 Å². The van der Waals surface area contributed by atoms with Crippen LogP contribution >= 0.6 is 0 Å². The highest BCUT2D eigenvalue weighted by Crippen LogP contribution is 2.29. The van der Waals surface area contributed by atoms with Gasteiger partial charge in [-0.05, 0) is 55.3 Å². The summed E-state index contributed by atoms with van der Waals surface area (Å²) in [5, 5.41) is 14.8. The molecule has 2 aromatic carbocycles. The molecule has 2 heterocycles. The Morgan fingerprint density at radius 2 is 1.85 bits per heavy atom. The van der Waals surface area contributed by atoms with E-state index in [0.717, 1.165) is 24.1 Å². The van der Waals surface area contributed by atoms with Crippen LogP contribution in [0.1, 0.15) is 46.9 Å². The van der Waals surface area contributed by atoms with Crippen molar-refractivity contribution in [1.82, 2.24) is 10.2 Å². The molecule has 0 spiro atoms. The van der Waals surface area contributed by atoms with Gasteiger partial charge in [0.2, 0.25) is 0 Å². The largest absolute Gasteiger partial charge is 0.461 e. The number of rotatable bonds is 5. The highest BCUT2D eigenvalue weighted by Gasteiger charge is 2.27. The minimum atomic E-state index is -0.318. The molecule has 0 aliphatic carbocycles. The summed E-state index contributed by atoms with van der Waals surface area (Å²) in [6.07, 6.45) is 0.561. The van der Waals surface area contributed by atoms with Crippen LogP contribution in [0.25, 0.3) is 0 Å². The van der Waals surface area contributed by atoms with Gasteiger partial charge in [-0.1, -0.05) is 18.2 Å². The van der Waals surface area contributed by atoms with Gasteiger partial charge in [-0.2, -0.15) is 0 Å². The predicted molar refractivity (Wildman–Crippen MR) is 126 cm³/mol. The maximum Gasteiger partial charge on any atom is 0.302 e. The number of hydrogen-bond donors (Lipinski definition) is 3. The van der Waals surface area contributed by atoms with Crippen molar-refractivity contribution in [2.75, 3.05) is 38.2 Å². The van der Waals surface area contributed by atoms with E-state index in [1.807, 2.05) is 30.0 Å². The fraction of sp³-hybridized carbons (Fsp3) is 0.400. The standard InChI is InChI=1S/C25H30N4O4/c1-16(33-17(2)30)23-22-15-21(8-7-18(22)9-10-27-23)28-25(31)20-5-3-19(4-6-20)24(26)29-11-13-32-14-12-29/h3-8,15-16,23,26-27H,9-14H2,1-2H3,(H,28,31). The Morgan fingerprint density at radius 3 is 2.55 bits per heavy atom. The molecule has 2 aromatic rings. The summed E-state index contributed by atoms with van der Waals surface area (Å²) in [4.78, 5) is 26.2. The van der Waals surface area contributed by atoms with Crippen molar-refractivity contribution in [2.24, 2.45) is 0 Å². The van der Waals surface area contributed by atoms with E-state index in [1.54, 1.807) is 24.3 Å². The Bertz CT molecular complexity index is 1030. The summed E-state index contributed by atoms with van der Waals surface area (Å²) in [6.45, 7) is 6.73. The third-order valence-electron chi connectivity index (χ3n) is 6.07.